The number of amides is 2. The molecule has 3 rings (SSSR count). The van der Waals surface area contributed by atoms with Gasteiger partial charge in [0.05, 0.1) is 0 Å². The summed E-state index contributed by atoms with van der Waals surface area (Å²) in [5, 5.41) is 0.0604. The van der Waals surface area contributed by atoms with Crippen LogP contribution < -0.4 is 0 Å². The van der Waals surface area contributed by atoms with E-state index in [0.717, 1.165) is 12.8 Å². The monoisotopic (exact) mass is 497 g/mol. The van der Waals surface area contributed by atoms with Crippen molar-refractivity contribution in [3.63, 3.8) is 0 Å². The van der Waals surface area contributed by atoms with Gasteiger partial charge in [0.1, 0.15) is 11.4 Å². The highest BCUT2D eigenvalue weighted by atomic mass is 32.2. The first-order chi connectivity index (χ1) is 15.8. The average molecular weight is 498 g/mol. The molecule has 0 bridgehead atoms. The third-order valence-electron chi connectivity index (χ3n) is 6.56. The highest BCUT2D eigenvalue weighted by Crippen LogP contribution is 2.27. The fourth-order valence-electron chi connectivity index (χ4n) is 4.60. The number of nitrogens with zero attached hydrogens (tertiary/aromatic N) is 5. The van der Waals surface area contributed by atoms with Gasteiger partial charge in [-0.1, -0.05) is 0 Å². The molecule has 0 aliphatic carbocycles. The molecule has 3 heterocycles. The van der Waals surface area contributed by atoms with Gasteiger partial charge in [-0.25, -0.2) is 18.2 Å². The van der Waals surface area contributed by atoms with Crippen LogP contribution in [0, 0.1) is 18.8 Å². The Bertz CT molecular complexity index is 972. The summed E-state index contributed by atoms with van der Waals surface area (Å²) in [6.07, 6.45) is 4.03. The second-order valence-electron chi connectivity index (χ2n) is 10.6. The lowest BCUT2D eigenvalue weighted by atomic mass is 9.92. The van der Waals surface area contributed by atoms with Crippen LogP contribution in [0.5, 0.6) is 0 Å². The van der Waals surface area contributed by atoms with Gasteiger partial charge >= 0.3 is 6.09 Å². The second kappa shape index (κ2) is 10.2. The average Bonchev–Trinajstić information content (AvgIpc) is 3.11. The smallest absolute Gasteiger partial charge is 0.410 e. The van der Waals surface area contributed by atoms with E-state index in [-0.39, 0.29) is 28.9 Å². The van der Waals surface area contributed by atoms with Crippen molar-refractivity contribution >= 4 is 22.0 Å². The summed E-state index contributed by atoms with van der Waals surface area (Å²) in [6, 6.07) is 0. The number of sulfonamides is 1. The molecular weight excluding hydrogens is 458 g/mol. The Morgan fingerprint density at radius 3 is 2.38 bits per heavy atom. The molecular formula is C23H39N5O5S. The molecule has 0 saturated carbocycles. The fourth-order valence-corrected chi connectivity index (χ4v) is 6.09. The Labute approximate surface area is 203 Å². The molecule has 34 heavy (non-hydrogen) atoms. The molecule has 2 aliphatic rings. The van der Waals surface area contributed by atoms with Gasteiger partial charge in [-0.05, 0) is 59.3 Å². The summed E-state index contributed by atoms with van der Waals surface area (Å²) in [5.41, 5.74) is -0.544. The number of hydrogen-bond donors (Lipinski definition) is 0. The molecule has 0 spiro atoms. The van der Waals surface area contributed by atoms with Crippen LogP contribution in [-0.2, 0) is 26.6 Å². The van der Waals surface area contributed by atoms with Crippen molar-refractivity contribution < 1.29 is 22.7 Å². The molecule has 2 amide bonds. The molecule has 1 aromatic heterocycles. The molecule has 1 unspecified atom stereocenters. The summed E-state index contributed by atoms with van der Waals surface area (Å²) < 4.78 is 34.4. The Kier molecular flexibility index (Phi) is 7.96. The number of rotatable bonds is 5. The number of piperidine rings is 2. The lowest BCUT2D eigenvalue weighted by Gasteiger charge is -2.38. The Morgan fingerprint density at radius 1 is 1.18 bits per heavy atom. The summed E-state index contributed by atoms with van der Waals surface area (Å²) in [7, 11) is -0.157. The van der Waals surface area contributed by atoms with Crippen molar-refractivity contribution in [2.24, 2.45) is 18.9 Å². The van der Waals surface area contributed by atoms with E-state index in [2.05, 4.69) is 4.98 Å². The maximum Gasteiger partial charge on any atom is 0.410 e. The van der Waals surface area contributed by atoms with E-state index in [0.29, 0.717) is 51.4 Å². The summed E-state index contributed by atoms with van der Waals surface area (Å²) >= 11 is 0. The lowest BCUT2D eigenvalue weighted by Crippen LogP contribution is -2.49. The number of carbonyl (C=O) groups excluding carboxylic acids is 2. The van der Waals surface area contributed by atoms with Crippen LogP contribution in [0.3, 0.4) is 0 Å². The number of aryl methyl sites for hydroxylation is 2. The van der Waals surface area contributed by atoms with Crippen LogP contribution in [0.4, 0.5) is 4.79 Å². The maximum absolute atomic E-state index is 13.2. The summed E-state index contributed by atoms with van der Waals surface area (Å²) in [5.74, 6) is 0.748. The first-order valence-corrected chi connectivity index (χ1v) is 13.4. The SMILES string of the molecule is Cc1nc(S(=O)(=O)N2CCC(C(=O)N3CCCC(CN(C)C(=O)OC(C)(C)C)C3)CC2)cn1C. The molecule has 1 atom stereocenters. The van der Waals surface area contributed by atoms with Gasteiger partial charge in [0.15, 0.2) is 5.03 Å². The van der Waals surface area contributed by atoms with Crippen LogP contribution >= 0.6 is 0 Å². The number of aromatic nitrogens is 2. The maximum atomic E-state index is 13.2. The minimum Gasteiger partial charge on any atom is -0.444 e. The van der Waals surface area contributed by atoms with Gasteiger partial charge < -0.3 is 19.1 Å². The van der Waals surface area contributed by atoms with Gasteiger partial charge in [-0.15, -0.1) is 0 Å². The third-order valence-corrected chi connectivity index (χ3v) is 8.33. The fraction of sp³-hybridized carbons (Fsp3) is 0.783. The summed E-state index contributed by atoms with van der Waals surface area (Å²) in [6.45, 7) is 9.77. The second-order valence-corrected chi connectivity index (χ2v) is 12.5. The molecule has 2 aliphatic heterocycles. The molecule has 0 radical (unpaired) electrons. The lowest BCUT2D eigenvalue weighted by molar-refractivity contribution is -0.138. The Balaban J connectivity index is 1.53. The minimum absolute atomic E-state index is 0.0604. The zero-order chi connectivity index (χ0) is 25.3. The van der Waals surface area contributed by atoms with Gasteiger partial charge in [-0.2, -0.15) is 4.31 Å². The van der Waals surface area contributed by atoms with Gasteiger partial charge in [-0.3, -0.25) is 4.79 Å². The van der Waals surface area contributed by atoms with Crippen molar-refractivity contribution in [3.8, 4) is 0 Å². The topological polar surface area (TPSA) is 105 Å². The van der Waals surface area contributed by atoms with Crippen molar-refractivity contribution in [1.82, 2.24) is 23.7 Å². The number of carbonyl (C=O) groups is 2. The van der Waals surface area contributed by atoms with Crippen LogP contribution in [0.15, 0.2) is 11.2 Å². The highest BCUT2D eigenvalue weighted by Gasteiger charge is 2.36. The number of hydrogen-bond acceptors (Lipinski definition) is 6. The first-order valence-electron chi connectivity index (χ1n) is 12.0. The van der Waals surface area contributed by atoms with Gasteiger partial charge in [0.25, 0.3) is 10.0 Å². The van der Waals surface area contributed by atoms with E-state index >= 15 is 0 Å². The number of likely N-dealkylation sites (tertiary alicyclic amines) is 1. The first kappa shape index (κ1) is 26.5. The van der Waals surface area contributed by atoms with Crippen LogP contribution in [-0.4, -0.2) is 89.4 Å². The highest BCUT2D eigenvalue weighted by molar-refractivity contribution is 7.89. The van der Waals surface area contributed by atoms with Crippen LogP contribution in [0.25, 0.3) is 0 Å². The molecule has 0 aromatic carbocycles. The zero-order valence-corrected chi connectivity index (χ0v) is 22.1. The Hall–Kier alpha value is -2.14. The van der Waals surface area contributed by atoms with E-state index in [1.807, 2.05) is 25.7 Å². The van der Waals surface area contributed by atoms with E-state index in [4.69, 9.17) is 4.74 Å². The predicted molar refractivity (Wildman–Crippen MR) is 128 cm³/mol. The molecule has 2 fully saturated rings. The molecule has 0 N–H and O–H groups in total. The van der Waals surface area contributed by atoms with Gasteiger partial charge in [0, 0.05) is 58.9 Å². The van der Waals surface area contributed by atoms with Crippen LogP contribution in [0.2, 0.25) is 0 Å². The molecule has 1 aromatic rings. The van der Waals surface area contributed by atoms with E-state index in [9.17, 15) is 18.0 Å². The van der Waals surface area contributed by atoms with Crippen molar-refractivity contribution in [2.45, 2.75) is 64.0 Å². The van der Waals surface area contributed by atoms with Crippen molar-refractivity contribution in [1.29, 1.82) is 0 Å². The number of imidazole rings is 1. The van der Waals surface area contributed by atoms with Gasteiger partial charge in [0.2, 0.25) is 5.91 Å². The third kappa shape index (κ3) is 6.29. The van der Waals surface area contributed by atoms with E-state index in [1.165, 1.54) is 10.5 Å². The van der Waals surface area contributed by atoms with Crippen LogP contribution in [0.1, 0.15) is 52.3 Å². The largest absolute Gasteiger partial charge is 0.444 e. The minimum atomic E-state index is -3.65. The molecule has 192 valence electrons. The predicted octanol–water partition coefficient (Wildman–Crippen LogP) is 2.23. The van der Waals surface area contributed by atoms with Crippen molar-refractivity contribution in [2.75, 3.05) is 39.8 Å². The van der Waals surface area contributed by atoms with E-state index in [1.54, 1.807) is 30.5 Å². The normalized spacial score (nSPS) is 20.9. The van der Waals surface area contributed by atoms with E-state index < -0.39 is 15.6 Å². The zero-order valence-electron chi connectivity index (χ0n) is 21.3. The molecule has 11 heteroatoms. The Morgan fingerprint density at radius 2 is 1.82 bits per heavy atom. The summed E-state index contributed by atoms with van der Waals surface area (Å²) in [4.78, 5) is 33.2. The quantitative estimate of drug-likeness (QED) is 0.618. The molecule has 10 nitrogen and oxygen atoms in total. The molecule has 2 saturated heterocycles. The van der Waals surface area contributed by atoms with Crippen molar-refractivity contribution in [3.05, 3.63) is 12.0 Å². The number of ether oxygens (including phenoxy) is 1. The standard InChI is InChI=1S/C23H39N5O5S/c1-17-24-20(16-25(17)5)34(31,32)28-12-9-19(10-13-28)21(29)27-11-7-8-18(15-27)14-26(6)22(30)33-23(2,3)4/h16,18-19H,7-15H2,1-6H3.